The summed E-state index contributed by atoms with van der Waals surface area (Å²) in [5, 5.41) is 0. The number of pyridine rings is 1. The van der Waals surface area contributed by atoms with Crippen LogP contribution in [-0.4, -0.2) is 4.98 Å². The lowest BCUT2D eigenvalue weighted by molar-refractivity contribution is 1.24. The van der Waals surface area contributed by atoms with Gasteiger partial charge in [-0.3, -0.25) is 0 Å². The molecule has 0 radical (unpaired) electrons. The fourth-order valence-electron chi connectivity index (χ4n) is 2.13. The number of hydrogen-bond acceptors (Lipinski definition) is 1. The first-order chi connectivity index (χ1) is 7.58. The van der Waals surface area contributed by atoms with E-state index in [4.69, 9.17) is 0 Å². The van der Waals surface area contributed by atoms with Crippen LogP contribution >= 0.6 is 15.9 Å². The molecule has 0 aliphatic heterocycles. The van der Waals surface area contributed by atoms with Crippen LogP contribution in [0.3, 0.4) is 0 Å². The maximum atomic E-state index is 4.51. The summed E-state index contributed by atoms with van der Waals surface area (Å²) in [6.07, 6.45) is 0. The lowest BCUT2D eigenvalue weighted by Gasteiger charge is -2.10. The molecule has 0 fully saturated rings. The minimum Gasteiger partial charge on any atom is -0.241 e. The Kier molecular flexibility index (Phi) is 3.10. The quantitative estimate of drug-likeness (QED) is 0.702. The van der Waals surface area contributed by atoms with E-state index in [-0.39, 0.29) is 0 Å². The van der Waals surface area contributed by atoms with Crippen LogP contribution in [0.2, 0.25) is 0 Å². The molecule has 0 aliphatic carbocycles. The van der Waals surface area contributed by atoms with Gasteiger partial charge < -0.3 is 0 Å². The Bertz CT molecular complexity index is 509. The first-order valence-corrected chi connectivity index (χ1v) is 6.08. The zero-order chi connectivity index (χ0) is 11.7. The van der Waals surface area contributed by atoms with Gasteiger partial charge in [-0.05, 0) is 60.0 Å². The van der Waals surface area contributed by atoms with Crippen LogP contribution in [0, 0.1) is 20.8 Å². The molecular weight excluding hydrogens is 262 g/mol. The highest BCUT2D eigenvalue weighted by molar-refractivity contribution is 9.10. The van der Waals surface area contributed by atoms with Crippen LogP contribution in [0.1, 0.15) is 16.7 Å². The summed E-state index contributed by atoms with van der Waals surface area (Å²) in [5.74, 6) is 0. The van der Waals surface area contributed by atoms with Crippen LogP contribution in [0.5, 0.6) is 0 Å². The molecule has 0 N–H and O–H groups in total. The van der Waals surface area contributed by atoms with Gasteiger partial charge in [0.2, 0.25) is 0 Å². The maximum Gasteiger partial charge on any atom is 0.106 e. The number of halogens is 1. The van der Waals surface area contributed by atoms with Crippen molar-refractivity contribution in [1.29, 1.82) is 0 Å². The Balaban J connectivity index is 2.64. The highest BCUT2D eigenvalue weighted by Gasteiger charge is 2.07. The molecule has 2 rings (SSSR count). The van der Waals surface area contributed by atoms with E-state index in [1.807, 2.05) is 12.1 Å². The third-order valence-corrected chi connectivity index (χ3v) is 3.09. The molecule has 1 nitrogen and oxygen atoms in total. The van der Waals surface area contributed by atoms with Crippen molar-refractivity contribution in [2.45, 2.75) is 20.8 Å². The smallest absolute Gasteiger partial charge is 0.106 e. The van der Waals surface area contributed by atoms with E-state index in [0.717, 1.165) is 10.3 Å². The Morgan fingerprint density at radius 3 is 2.19 bits per heavy atom. The van der Waals surface area contributed by atoms with Crippen molar-refractivity contribution in [3.05, 3.63) is 51.6 Å². The second kappa shape index (κ2) is 4.38. The minimum atomic E-state index is 0.879. The fraction of sp³-hybridized carbons (Fsp3) is 0.214. The summed E-state index contributed by atoms with van der Waals surface area (Å²) in [4.78, 5) is 4.51. The number of aryl methyl sites for hydroxylation is 3. The molecule has 0 bridgehead atoms. The molecule has 2 aromatic rings. The Morgan fingerprint density at radius 1 is 1.00 bits per heavy atom. The average molecular weight is 276 g/mol. The molecule has 0 spiro atoms. The maximum absolute atomic E-state index is 4.51. The largest absolute Gasteiger partial charge is 0.241 e. The molecule has 16 heavy (non-hydrogen) atoms. The van der Waals surface area contributed by atoms with Crippen molar-refractivity contribution in [3.8, 4) is 11.3 Å². The van der Waals surface area contributed by atoms with E-state index in [9.17, 15) is 0 Å². The highest BCUT2D eigenvalue weighted by atomic mass is 79.9. The van der Waals surface area contributed by atoms with Crippen molar-refractivity contribution in [2.24, 2.45) is 0 Å². The highest BCUT2D eigenvalue weighted by Crippen LogP contribution is 2.27. The van der Waals surface area contributed by atoms with Crippen LogP contribution in [0.25, 0.3) is 11.3 Å². The Labute approximate surface area is 105 Å². The summed E-state index contributed by atoms with van der Waals surface area (Å²) in [6.45, 7) is 6.40. The minimum absolute atomic E-state index is 0.879. The molecule has 0 unspecified atom stereocenters. The third kappa shape index (κ3) is 2.17. The lowest BCUT2D eigenvalue weighted by atomic mass is 9.97. The van der Waals surface area contributed by atoms with E-state index < -0.39 is 0 Å². The average Bonchev–Trinajstić information content (AvgIpc) is 2.15. The zero-order valence-corrected chi connectivity index (χ0v) is 11.3. The van der Waals surface area contributed by atoms with Crippen molar-refractivity contribution < 1.29 is 0 Å². The monoisotopic (exact) mass is 275 g/mol. The fourth-order valence-corrected chi connectivity index (χ4v) is 2.48. The predicted molar refractivity (Wildman–Crippen MR) is 71.6 cm³/mol. The number of nitrogens with zero attached hydrogens (tertiary/aromatic N) is 1. The SMILES string of the molecule is Cc1cc(C)c(-c2cccc(Br)n2)c(C)c1. The molecule has 0 atom stereocenters. The van der Waals surface area contributed by atoms with Gasteiger partial charge in [0.1, 0.15) is 4.60 Å². The number of aromatic nitrogens is 1. The summed E-state index contributed by atoms with van der Waals surface area (Å²) in [6, 6.07) is 10.4. The molecule has 1 aromatic heterocycles. The Morgan fingerprint density at radius 2 is 1.62 bits per heavy atom. The van der Waals surface area contributed by atoms with Gasteiger partial charge >= 0.3 is 0 Å². The van der Waals surface area contributed by atoms with Crippen molar-refractivity contribution in [2.75, 3.05) is 0 Å². The van der Waals surface area contributed by atoms with Gasteiger partial charge in [0.05, 0.1) is 5.69 Å². The van der Waals surface area contributed by atoms with Gasteiger partial charge in [-0.1, -0.05) is 23.8 Å². The summed E-state index contributed by atoms with van der Waals surface area (Å²) in [5.41, 5.74) is 6.14. The van der Waals surface area contributed by atoms with E-state index >= 15 is 0 Å². The molecule has 1 aromatic carbocycles. The molecule has 0 aliphatic rings. The van der Waals surface area contributed by atoms with E-state index in [1.165, 1.54) is 22.3 Å². The third-order valence-electron chi connectivity index (χ3n) is 2.65. The van der Waals surface area contributed by atoms with Gasteiger partial charge in [-0.15, -0.1) is 0 Å². The predicted octanol–water partition coefficient (Wildman–Crippen LogP) is 4.44. The van der Waals surface area contributed by atoms with Gasteiger partial charge in [-0.2, -0.15) is 0 Å². The number of benzene rings is 1. The van der Waals surface area contributed by atoms with E-state index in [1.54, 1.807) is 0 Å². The van der Waals surface area contributed by atoms with Crippen LogP contribution < -0.4 is 0 Å². The van der Waals surface area contributed by atoms with Crippen LogP contribution in [0.4, 0.5) is 0 Å². The van der Waals surface area contributed by atoms with Crippen molar-refractivity contribution >= 4 is 15.9 Å². The van der Waals surface area contributed by atoms with Gasteiger partial charge in [0, 0.05) is 5.56 Å². The zero-order valence-electron chi connectivity index (χ0n) is 9.71. The molecule has 0 saturated heterocycles. The van der Waals surface area contributed by atoms with Gasteiger partial charge in [0.15, 0.2) is 0 Å². The van der Waals surface area contributed by atoms with Crippen LogP contribution in [-0.2, 0) is 0 Å². The van der Waals surface area contributed by atoms with Crippen LogP contribution in [0.15, 0.2) is 34.9 Å². The Hall–Kier alpha value is -1.15. The second-order valence-electron chi connectivity index (χ2n) is 4.12. The normalized spacial score (nSPS) is 10.5. The first-order valence-electron chi connectivity index (χ1n) is 5.28. The summed E-state index contributed by atoms with van der Waals surface area (Å²) >= 11 is 3.41. The summed E-state index contributed by atoms with van der Waals surface area (Å²) in [7, 11) is 0. The number of rotatable bonds is 1. The second-order valence-corrected chi connectivity index (χ2v) is 4.93. The molecular formula is C14H14BrN. The topological polar surface area (TPSA) is 12.9 Å². The van der Waals surface area contributed by atoms with Gasteiger partial charge in [0.25, 0.3) is 0 Å². The molecule has 2 heteroatoms. The van der Waals surface area contributed by atoms with Crippen molar-refractivity contribution in [3.63, 3.8) is 0 Å². The standard InChI is InChI=1S/C14H14BrN/c1-9-7-10(2)14(11(3)8-9)12-5-4-6-13(15)16-12/h4-8H,1-3H3. The first kappa shape index (κ1) is 11.3. The molecule has 0 amide bonds. The van der Waals surface area contributed by atoms with Crippen molar-refractivity contribution in [1.82, 2.24) is 4.98 Å². The molecule has 1 heterocycles. The lowest BCUT2D eigenvalue weighted by Crippen LogP contribution is -1.92. The van der Waals surface area contributed by atoms with E-state index in [2.05, 4.69) is 59.9 Å². The molecule has 0 saturated carbocycles. The molecule has 82 valence electrons. The summed E-state index contributed by atoms with van der Waals surface area (Å²) < 4.78 is 0.879. The number of hydrogen-bond donors (Lipinski definition) is 0. The van der Waals surface area contributed by atoms with E-state index in [0.29, 0.717) is 0 Å². The van der Waals surface area contributed by atoms with Gasteiger partial charge in [-0.25, -0.2) is 4.98 Å².